The molecule has 0 radical (unpaired) electrons. The first-order valence-corrected chi connectivity index (χ1v) is 5.76. The Morgan fingerprint density at radius 1 is 1.31 bits per heavy atom. The van der Waals surface area contributed by atoms with Gasteiger partial charge in [-0.05, 0) is 43.0 Å². The van der Waals surface area contributed by atoms with E-state index in [4.69, 9.17) is 5.11 Å². The van der Waals surface area contributed by atoms with Crippen LogP contribution in [-0.2, 0) is 4.79 Å². The normalized spacial score (nSPS) is 24.3. The number of rotatable bonds is 2. The number of hydrogen-bond acceptors (Lipinski definition) is 2. The number of hydrogen-bond donors (Lipinski definition) is 2. The van der Waals surface area contributed by atoms with Crippen LogP contribution in [0.2, 0.25) is 0 Å². The first-order valence-electron chi connectivity index (χ1n) is 5.76. The van der Waals surface area contributed by atoms with E-state index >= 15 is 0 Å². The molecule has 3 nitrogen and oxygen atoms in total. The van der Waals surface area contributed by atoms with E-state index in [2.05, 4.69) is 12.2 Å². The number of benzene rings is 1. The highest BCUT2D eigenvalue weighted by molar-refractivity contribution is 5.92. The van der Waals surface area contributed by atoms with Gasteiger partial charge >= 0.3 is 0 Å². The summed E-state index contributed by atoms with van der Waals surface area (Å²) in [6.07, 6.45) is 3.29. The van der Waals surface area contributed by atoms with Crippen molar-refractivity contribution in [1.82, 2.24) is 0 Å². The number of carbonyl (C=O) groups is 1. The third-order valence-electron chi connectivity index (χ3n) is 3.33. The maximum atomic E-state index is 11.9. The summed E-state index contributed by atoms with van der Waals surface area (Å²) in [7, 11) is 0. The van der Waals surface area contributed by atoms with Gasteiger partial charge in [-0.1, -0.05) is 13.3 Å². The Hall–Kier alpha value is -1.51. The second kappa shape index (κ2) is 4.56. The maximum Gasteiger partial charge on any atom is 0.227 e. The molecule has 1 amide bonds. The van der Waals surface area contributed by atoms with E-state index in [1.54, 1.807) is 24.3 Å². The molecular weight excluding hydrogens is 202 g/mol. The number of phenols is 1. The average molecular weight is 219 g/mol. The molecule has 2 atom stereocenters. The predicted molar refractivity (Wildman–Crippen MR) is 63.2 cm³/mol. The van der Waals surface area contributed by atoms with Crippen LogP contribution < -0.4 is 5.32 Å². The summed E-state index contributed by atoms with van der Waals surface area (Å²) in [6.45, 7) is 2.13. The number of nitrogens with one attached hydrogen (secondary N) is 1. The number of aromatic hydroxyl groups is 1. The summed E-state index contributed by atoms with van der Waals surface area (Å²) in [5.74, 6) is 0.953. The lowest BCUT2D eigenvalue weighted by molar-refractivity contribution is -0.120. The van der Waals surface area contributed by atoms with Crippen LogP contribution in [0, 0.1) is 11.8 Å². The fourth-order valence-electron chi connectivity index (χ4n) is 2.31. The van der Waals surface area contributed by atoms with Gasteiger partial charge in [-0.25, -0.2) is 0 Å². The Kier molecular flexibility index (Phi) is 3.13. The molecule has 16 heavy (non-hydrogen) atoms. The zero-order chi connectivity index (χ0) is 11.5. The number of anilines is 1. The highest BCUT2D eigenvalue weighted by Gasteiger charge is 2.29. The minimum Gasteiger partial charge on any atom is -0.508 e. The molecule has 0 spiro atoms. The first kappa shape index (κ1) is 11.0. The molecule has 1 aliphatic rings. The Balaban J connectivity index is 1.99. The smallest absolute Gasteiger partial charge is 0.227 e. The van der Waals surface area contributed by atoms with Gasteiger partial charge in [-0.3, -0.25) is 4.79 Å². The molecule has 2 rings (SSSR count). The highest BCUT2D eigenvalue weighted by Crippen LogP contribution is 2.32. The number of carbonyl (C=O) groups excluding carboxylic acids is 1. The molecule has 1 aliphatic carbocycles. The van der Waals surface area contributed by atoms with E-state index in [9.17, 15) is 4.79 Å². The van der Waals surface area contributed by atoms with Crippen LogP contribution in [0.3, 0.4) is 0 Å². The lowest BCUT2D eigenvalue weighted by atomic mass is 9.97. The van der Waals surface area contributed by atoms with E-state index in [-0.39, 0.29) is 17.6 Å². The van der Waals surface area contributed by atoms with Crippen LogP contribution in [-0.4, -0.2) is 11.0 Å². The van der Waals surface area contributed by atoms with Crippen molar-refractivity contribution in [2.45, 2.75) is 26.2 Å². The molecule has 0 aromatic heterocycles. The van der Waals surface area contributed by atoms with E-state index in [1.807, 2.05) is 0 Å². The van der Waals surface area contributed by atoms with Crippen molar-refractivity contribution in [2.24, 2.45) is 11.8 Å². The van der Waals surface area contributed by atoms with E-state index < -0.39 is 0 Å². The molecule has 2 N–H and O–H groups in total. The van der Waals surface area contributed by atoms with Gasteiger partial charge < -0.3 is 10.4 Å². The van der Waals surface area contributed by atoms with Gasteiger partial charge in [0.25, 0.3) is 0 Å². The summed E-state index contributed by atoms with van der Waals surface area (Å²) in [5, 5.41) is 12.0. The molecule has 0 saturated heterocycles. The number of phenolic OH excluding ortho intramolecular Hbond substituents is 1. The summed E-state index contributed by atoms with van der Waals surface area (Å²) in [6, 6.07) is 6.58. The minimum atomic E-state index is 0.107. The second-order valence-corrected chi connectivity index (χ2v) is 4.55. The minimum absolute atomic E-state index is 0.107. The molecule has 86 valence electrons. The van der Waals surface area contributed by atoms with Gasteiger partial charge in [0, 0.05) is 11.6 Å². The molecule has 0 bridgehead atoms. The largest absolute Gasteiger partial charge is 0.508 e. The molecule has 1 saturated carbocycles. The summed E-state index contributed by atoms with van der Waals surface area (Å²) >= 11 is 0. The van der Waals surface area contributed by atoms with E-state index in [0.29, 0.717) is 5.92 Å². The number of amides is 1. The van der Waals surface area contributed by atoms with Gasteiger partial charge in [0.2, 0.25) is 5.91 Å². The second-order valence-electron chi connectivity index (χ2n) is 4.55. The van der Waals surface area contributed by atoms with Crippen LogP contribution in [0.1, 0.15) is 26.2 Å². The van der Waals surface area contributed by atoms with Crippen LogP contribution >= 0.6 is 0 Å². The highest BCUT2D eigenvalue weighted by atomic mass is 16.3. The summed E-state index contributed by atoms with van der Waals surface area (Å²) in [4.78, 5) is 11.9. The monoisotopic (exact) mass is 219 g/mol. The fraction of sp³-hybridized carbons (Fsp3) is 0.462. The molecule has 1 aromatic carbocycles. The van der Waals surface area contributed by atoms with Gasteiger partial charge in [0.15, 0.2) is 0 Å². The maximum absolute atomic E-state index is 11.9. The van der Waals surface area contributed by atoms with Crippen LogP contribution in [0.15, 0.2) is 24.3 Å². The topological polar surface area (TPSA) is 49.3 Å². The Labute approximate surface area is 95.5 Å². The molecule has 0 aliphatic heterocycles. The average Bonchev–Trinajstić information content (AvgIpc) is 2.68. The lowest BCUT2D eigenvalue weighted by Gasteiger charge is -2.15. The summed E-state index contributed by atoms with van der Waals surface area (Å²) in [5.41, 5.74) is 0.752. The Bertz CT molecular complexity index is 372. The molecular formula is C13H17NO2. The van der Waals surface area contributed by atoms with Crippen molar-refractivity contribution in [3.63, 3.8) is 0 Å². The standard InChI is InChI=1S/C13H17NO2/c1-9-3-2-4-12(9)13(16)14-10-5-7-11(15)8-6-10/h5-9,12,15H,2-4H2,1H3,(H,14,16). The van der Waals surface area contributed by atoms with Crippen molar-refractivity contribution in [3.05, 3.63) is 24.3 Å². The van der Waals surface area contributed by atoms with E-state index in [1.165, 1.54) is 0 Å². The third-order valence-corrected chi connectivity index (χ3v) is 3.33. The molecule has 1 aromatic rings. The predicted octanol–water partition coefficient (Wildman–Crippen LogP) is 2.77. The van der Waals surface area contributed by atoms with Gasteiger partial charge in [0.1, 0.15) is 5.75 Å². The molecule has 1 fully saturated rings. The zero-order valence-corrected chi connectivity index (χ0v) is 9.44. The van der Waals surface area contributed by atoms with Crippen molar-refractivity contribution < 1.29 is 9.90 Å². The van der Waals surface area contributed by atoms with E-state index in [0.717, 1.165) is 24.9 Å². The van der Waals surface area contributed by atoms with Crippen LogP contribution in [0.25, 0.3) is 0 Å². The molecule has 3 heteroatoms. The first-order chi connectivity index (χ1) is 7.66. The molecule has 2 unspecified atom stereocenters. The fourth-order valence-corrected chi connectivity index (χ4v) is 2.31. The van der Waals surface area contributed by atoms with Crippen molar-refractivity contribution in [3.8, 4) is 5.75 Å². The quantitative estimate of drug-likeness (QED) is 0.751. The Morgan fingerprint density at radius 3 is 2.56 bits per heavy atom. The van der Waals surface area contributed by atoms with Crippen molar-refractivity contribution >= 4 is 11.6 Å². The Morgan fingerprint density at radius 2 is 2.00 bits per heavy atom. The van der Waals surface area contributed by atoms with Gasteiger partial charge in [-0.15, -0.1) is 0 Å². The van der Waals surface area contributed by atoms with Crippen molar-refractivity contribution in [2.75, 3.05) is 5.32 Å². The van der Waals surface area contributed by atoms with Crippen LogP contribution in [0.4, 0.5) is 5.69 Å². The van der Waals surface area contributed by atoms with Gasteiger partial charge in [0.05, 0.1) is 0 Å². The van der Waals surface area contributed by atoms with Gasteiger partial charge in [-0.2, -0.15) is 0 Å². The SMILES string of the molecule is CC1CCCC1C(=O)Nc1ccc(O)cc1. The lowest BCUT2D eigenvalue weighted by Crippen LogP contribution is -2.24. The summed E-state index contributed by atoms with van der Waals surface area (Å²) < 4.78 is 0. The molecule has 0 heterocycles. The van der Waals surface area contributed by atoms with Crippen LogP contribution in [0.5, 0.6) is 5.75 Å². The third kappa shape index (κ3) is 2.35. The zero-order valence-electron chi connectivity index (χ0n) is 9.44. The van der Waals surface area contributed by atoms with Crippen molar-refractivity contribution in [1.29, 1.82) is 0 Å².